The maximum atomic E-state index is 11.5. The van der Waals surface area contributed by atoms with Gasteiger partial charge in [0, 0.05) is 6.07 Å². The number of aliphatic hydroxyl groups excluding tert-OH is 1. The first-order valence-electron chi connectivity index (χ1n) is 4.86. The van der Waals surface area contributed by atoms with Crippen molar-refractivity contribution in [2.24, 2.45) is 0 Å². The van der Waals surface area contributed by atoms with E-state index in [4.69, 9.17) is 14.6 Å². The first kappa shape index (κ1) is 13.6. The molecule has 0 aromatic heterocycles. The number of sulfonamides is 1. The Hall–Kier alpha value is -1.47. The smallest absolute Gasteiger partial charge is 0.235 e. The van der Waals surface area contributed by atoms with Crippen LogP contribution in [0.1, 0.15) is 0 Å². The molecule has 2 N–H and O–H groups in total. The Morgan fingerprint density at radius 3 is 2.53 bits per heavy atom. The molecule has 0 atom stereocenters. The normalized spacial score (nSPS) is 11.0. The molecule has 0 saturated heterocycles. The van der Waals surface area contributed by atoms with E-state index in [9.17, 15) is 8.42 Å². The van der Waals surface area contributed by atoms with Crippen molar-refractivity contribution in [3.05, 3.63) is 18.2 Å². The van der Waals surface area contributed by atoms with Gasteiger partial charge in [0.25, 0.3) is 0 Å². The van der Waals surface area contributed by atoms with E-state index >= 15 is 0 Å². The van der Waals surface area contributed by atoms with Crippen molar-refractivity contribution in [1.29, 1.82) is 0 Å². The Bertz CT molecular complexity index is 472. The monoisotopic (exact) mass is 261 g/mol. The van der Waals surface area contributed by atoms with Crippen LogP contribution in [-0.4, -0.2) is 40.1 Å². The van der Waals surface area contributed by atoms with E-state index in [-0.39, 0.29) is 5.75 Å². The zero-order chi connectivity index (χ0) is 12.9. The van der Waals surface area contributed by atoms with Crippen LogP contribution in [-0.2, 0) is 10.0 Å². The lowest BCUT2D eigenvalue weighted by Crippen LogP contribution is -2.19. The van der Waals surface area contributed by atoms with Crippen molar-refractivity contribution in [3.63, 3.8) is 0 Å². The quantitative estimate of drug-likeness (QED) is 0.776. The predicted molar refractivity (Wildman–Crippen MR) is 64.0 cm³/mol. The fourth-order valence-corrected chi connectivity index (χ4v) is 2.07. The van der Waals surface area contributed by atoms with Crippen molar-refractivity contribution in [3.8, 4) is 11.5 Å². The number of benzene rings is 1. The zero-order valence-electron chi connectivity index (χ0n) is 9.63. The second-order valence-corrected chi connectivity index (χ2v) is 5.05. The molecule has 0 aliphatic heterocycles. The minimum Gasteiger partial charge on any atom is -0.497 e. The molecule has 1 aromatic rings. The van der Waals surface area contributed by atoms with Crippen molar-refractivity contribution in [1.82, 2.24) is 0 Å². The minimum absolute atomic E-state index is 0.307. The molecular weight excluding hydrogens is 246 g/mol. The molecule has 17 heavy (non-hydrogen) atoms. The van der Waals surface area contributed by atoms with Gasteiger partial charge in [0.2, 0.25) is 10.0 Å². The average molecular weight is 261 g/mol. The highest BCUT2D eigenvalue weighted by Gasteiger charge is 2.13. The molecule has 0 bridgehead atoms. The summed E-state index contributed by atoms with van der Waals surface area (Å²) >= 11 is 0. The summed E-state index contributed by atoms with van der Waals surface area (Å²) in [5.41, 5.74) is 0.307. The summed E-state index contributed by atoms with van der Waals surface area (Å²) in [6, 6.07) is 4.71. The highest BCUT2D eigenvalue weighted by Crippen LogP contribution is 2.29. The summed E-state index contributed by atoms with van der Waals surface area (Å²) < 4.78 is 35.3. The number of anilines is 1. The van der Waals surface area contributed by atoms with Crippen LogP contribution in [0.5, 0.6) is 11.5 Å². The summed E-state index contributed by atoms with van der Waals surface area (Å²) in [6.45, 7) is -0.437. The second kappa shape index (κ2) is 5.74. The molecule has 0 amide bonds. The van der Waals surface area contributed by atoms with Gasteiger partial charge < -0.3 is 14.6 Å². The maximum absolute atomic E-state index is 11.5. The van der Waals surface area contributed by atoms with Gasteiger partial charge in [-0.3, -0.25) is 4.72 Å². The number of nitrogens with one attached hydrogen (secondary N) is 1. The lowest BCUT2D eigenvalue weighted by atomic mass is 10.3. The van der Waals surface area contributed by atoms with E-state index in [0.29, 0.717) is 17.2 Å². The van der Waals surface area contributed by atoms with Crippen molar-refractivity contribution in [2.75, 3.05) is 31.3 Å². The highest BCUT2D eigenvalue weighted by atomic mass is 32.2. The Kier molecular flexibility index (Phi) is 4.59. The first-order chi connectivity index (χ1) is 8.02. The van der Waals surface area contributed by atoms with Crippen LogP contribution < -0.4 is 14.2 Å². The molecule has 0 aliphatic rings. The zero-order valence-corrected chi connectivity index (χ0v) is 10.5. The first-order valence-corrected chi connectivity index (χ1v) is 6.51. The molecule has 6 nitrogen and oxygen atoms in total. The predicted octanol–water partition coefficient (Wildman–Crippen LogP) is 0.438. The third-order valence-electron chi connectivity index (χ3n) is 2.03. The molecule has 0 radical (unpaired) electrons. The number of hydrogen-bond donors (Lipinski definition) is 2. The number of methoxy groups -OCH3 is 2. The largest absolute Gasteiger partial charge is 0.497 e. The second-order valence-electron chi connectivity index (χ2n) is 3.21. The Labute approximate surface area is 100 Å². The summed E-state index contributed by atoms with van der Waals surface area (Å²) in [6.07, 6.45) is 0. The van der Waals surface area contributed by atoms with Crippen LogP contribution in [0.15, 0.2) is 18.2 Å². The van der Waals surface area contributed by atoms with Gasteiger partial charge in [-0.05, 0) is 12.1 Å². The summed E-state index contributed by atoms with van der Waals surface area (Å²) in [5, 5.41) is 8.62. The molecule has 96 valence electrons. The van der Waals surface area contributed by atoms with E-state index in [1.807, 2.05) is 0 Å². The standard InChI is InChI=1S/C10H15NO5S/c1-15-8-3-4-9(10(7-8)16-2)11-17(13,14)6-5-12/h3-4,7,11-12H,5-6H2,1-2H3. The molecule has 0 fully saturated rings. The van der Waals surface area contributed by atoms with Gasteiger partial charge in [0.15, 0.2) is 0 Å². The van der Waals surface area contributed by atoms with Crippen molar-refractivity contribution in [2.45, 2.75) is 0 Å². The molecule has 1 aromatic carbocycles. The van der Waals surface area contributed by atoms with Crippen LogP contribution in [0, 0.1) is 0 Å². The average Bonchev–Trinajstić information content (AvgIpc) is 2.29. The Morgan fingerprint density at radius 2 is 2.00 bits per heavy atom. The molecule has 0 heterocycles. The molecule has 0 saturated carbocycles. The van der Waals surface area contributed by atoms with E-state index < -0.39 is 16.6 Å². The number of rotatable bonds is 6. The van der Waals surface area contributed by atoms with Crippen LogP contribution in [0.25, 0.3) is 0 Å². The van der Waals surface area contributed by atoms with Gasteiger partial charge in [0.05, 0.1) is 32.3 Å². The number of aliphatic hydroxyl groups is 1. The molecule has 0 spiro atoms. The fraction of sp³-hybridized carbons (Fsp3) is 0.400. The molecule has 7 heteroatoms. The Morgan fingerprint density at radius 1 is 1.29 bits per heavy atom. The number of ether oxygens (including phenoxy) is 2. The van der Waals surface area contributed by atoms with Gasteiger partial charge in [-0.2, -0.15) is 0 Å². The minimum atomic E-state index is -3.56. The van der Waals surface area contributed by atoms with Crippen molar-refractivity contribution >= 4 is 15.7 Å². The lowest BCUT2D eigenvalue weighted by Gasteiger charge is -2.12. The van der Waals surface area contributed by atoms with Crippen LogP contribution in [0.3, 0.4) is 0 Å². The Balaban J connectivity index is 2.98. The third-order valence-corrected chi connectivity index (χ3v) is 3.29. The van der Waals surface area contributed by atoms with Gasteiger partial charge in [-0.1, -0.05) is 0 Å². The third kappa shape index (κ3) is 3.79. The van der Waals surface area contributed by atoms with Crippen LogP contribution in [0.4, 0.5) is 5.69 Å². The maximum Gasteiger partial charge on any atom is 0.235 e. The molecule has 0 aliphatic carbocycles. The van der Waals surface area contributed by atoms with E-state index in [0.717, 1.165) is 0 Å². The van der Waals surface area contributed by atoms with Crippen LogP contribution >= 0.6 is 0 Å². The highest BCUT2D eigenvalue weighted by molar-refractivity contribution is 7.92. The summed E-state index contributed by atoms with van der Waals surface area (Å²) in [7, 11) is -0.624. The van der Waals surface area contributed by atoms with Crippen LogP contribution in [0.2, 0.25) is 0 Å². The van der Waals surface area contributed by atoms with Gasteiger partial charge in [-0.25, -0.2) is 8.42 Å². The van der Waals surface area contributed by atoms with Gasteiger partial charge in [-0.15, -0.1) is 0 Å². The fourth-order valence-electron chi connectivity index (χ4n) is 1.22. The number of hydrogen-bond acceptors (Lipinski definition) is 5. The molecule has 1 rings (SSSR count). The van der Waals surface area contributed by atoms with E-state index in [1.165, 1.54) is 20.3 Å². The van der Waals surface area contributed by atoms with Crippen molar-refractivity contribution < 1.29 is 23.0 Å². The molecular formula is C10H15NO5S. The summed E-state index contributed by atoms with van der Waals surface area (Å²) in [5.74, 6) is 0.556. The topological polar surface area (TPSA) is 84.9 Å². The van der Waals surface area contributed by atoms with Gasteiger partial charge in [0.1, 0.15) is 11.5 Å². The van der Waals surface area contributed by atoms with E-state index in [2.05, 4.69) is 4.72 Å². The summed E-state index contributed by atoms with van der Waals surface area (Å²) in [4.78, 5) is 0. The molecule has 0 unspecified atom stereocenters. The lowest BCUT2D eigenvalue weighted by molar-refractivity contribution is 0.320. The van der Waals surface area contributed by atoms with Gasteiger partial charge >= 0.3 is 0 Å². The SMILES string of the molecule is COc1ccc(NS(=O)(=O)CCO)c(OC)c1. The van der Waals surface area contributed by atoms with E-state index in [1.54, 1.807) is 12.1 Å².